The van der Waals surface area contributed by atoms with E-state index in [0.717, 1.165) is 17.0 Å². The molecule has 0 fully saturated rings. The van der Waals surface area contributed by atoms with Crippen LogP contribution in [0.25, 0.3) is 11.3 Å². The van der Waals surface area contributed by atoms with E-state index in [2.05, 4.69) is 4.98 Å². The molecule has 2 N–H and O–H groups in total. The van der Waals surface area contributed by atoms with Crippen molar-refractivity contribution in [1.29, 1.82) is 0 Å². The number of methoxy groups -OCH3 is 2. The van der Waals surface area contributed by atoms with Crippen LogP contribution >= 0.6 is 0 Å². The fraction of sp³-hybridized carbons (Fsp3) is 0.250. The van der Waals surface area contributed by atoms with Crippen molar-refractivity contribution in [3.63, 3.8) is 0 Å². The third kappa shape index (κ3) is 2.04. The van der Waals surface area contributed by atoms with Crippen LogP contribution in [0.1, 0.15) is 0 Å². The fourth-order valence-corrected chi connectivity index (χ4v) is 1.62. The lowest BCUT2D eigenvalue weighted by Crippen LogP contribution is -1.94. The lowest BCUT2D eigenvalue weighted by atomic mass is 10.1. The second-order valence-electron chi connectivity index (χ2n) is 3.66. The minimum atomic E-state index is 0.470. The highest BCUT2D eigenvalue weighted by Gasteiger charge is 2.11. The maximum absolute atomic E-state index is 5.71. The van der Waals surface area contributed by atoms with Crippen LogP contribution in [0.3, 0.4) is 0 Å². The first-order valence-corrected chi connectivity index (χ1v) is 5.17. The predicted molar refractivity (Wildman–Crippen MR) is 66.2 cm³/mol. The summed E-state index contributed by atoms with van der Waals surface area (Å²) in [5, 5.41) is 0. The van der Waals surface area contributed by atoms with Gasteiger partial charge in [0.15, 0.2) is 5.95 Å². The highest BCUT2D eigenvalue weighted by molar-refractivity contribution is 5.69. The zero-order chi connectivity index (χ0) is 12.4. The van der Waals surface area contributed by atoms with Gasteiger partial charge in [0.25, 0.3) is 0 Å². The van der Waals surface area contributed by atoms with Gasteiger partial charge in [-0.2, -0.15) is 0 Å². The van der Waals surface area contributed by atoms with Crippen molar-refractivity contribution in [1.82, 2.24) is 9.55 Å². The molecule has 0 unspecified atom stereocenters. The van der Waals surface area contributed by atoms with Gasteiger partial charge >= 0.3 is 0 Å². The van der Waals surface area contributed by atoms with Crippen LogP contribution in [-0.2, 0) is 7.05 Å². The number of benzene rings is 1. The number of nitrogens with two attached hydrogens (primary N) is 1. The van der Waals surface area contributed by atoms with Crippen molar-refractivity contribution >= 4 is 5.95 Å². The van der Waals surface area contributed by atoms with Crippen molar-refractivity contribution in [2.45, 2.75) is 0 Å². The van der Waals surface area contributed by atoms with Crippen molar-refractivity contribution in [3.8, 4) is 22.8 Å². The molecule has 0 saturated carbocycles. The standard InChI is InChI=1S/C12H15N3O2/c1-15-7-10(14-12(15)13)9-5-4-8(16-2)6-11(9)17-3/h4-7H,1-3H3,(H2,13,14). The molecule has 0 aliphatic heterocycles. The van der Waals surface area contributed by atoms with Crippen LogP contribution in [0.4, 0.5) is 5.95 Å². The molecule has 90 valence electrons. The Labute approximate surface area is 99.8 Å². The van der Waals surface area contributed by atoms with E-state index in [1.807, 2.05) is 31.4 Å². The summed E-state index contributed by atoms with van der Waals surface area (Å²) in [7, 11) is 5.08. The van der Waals surface area contributed by atoms with Gasteiger partial charge in [0.05, 0.1) is 19.9 Å². The molecule has 0 bridgehead atoms. The number of hydrogen-bond acceptors (Lipinski definition) is 4. The van der Waals surface area contributed by atoms with Crippen LogP contribution in [-0.4, -0.2) is 23.8 Å². The molecule has 5 nitrogen and oxygen atoms in total. The van der Waals surface area contributed by atoms with Gasteiger partial charge in [-0.15, -0.1) is 0 Å². The summed E-state index contributed by atoms with van der Waals surface area (Å²) in [4.78, 5) is 4.26. The molecule has 17 heavy (non-hydrogen) atoms. The fourth-order valence-electron chi connectivity index (χ4n) is 1.62. The first-order valence-electron chi connectivity index (χ1n) is 5.17. The van der Waals surface area contributed by atoms with Crippen molar-refractivity contribution in [2.75, 3.05) is 20.0 Å². The Morgan fingerprint density at radius 2 is 2.00 bits per heavy atom. The van der Waals surface area contributed by atoms with Crippen molar-refractivity contribution in [3.05, 3.63) is 24.4 Å². The quantitative estimate of drug-likeness (QED) is 0.876. The van der Waals surface area contributed by atoms with E-state index in [-0.39, 0.29) is 0 Å². The number of rotatable bonds is 3. The molecular formula is C12H15N3O2. The van der Waals surface area contributed by atoms with Crippen molar-refractivity contribution < 1.29 is 9.47 Å². The zero-order valence-electron chi connectivity index (χ0n) is 10.1. The van der Waals surface area contributed by atoms with E-state index in [4.69, 9.17) is 15.2 Å². The van der Waals surface area contributed by atoms with E-state index in [1.54, 1.807) is 18.8 Å². The van der Waals surface area contributed by atoms with Gasteiger partial charge in [-0.05, 0) is 12.1 Å². The van der Waals surface area contributed by atoms with E-state index in [9.17, 15) is 0 Å². The Morgan fingerprint density at radius 1 is 1.24 bits per heavy atom. The van der Waals surface area contributed by atoms with Gasteiger partial charge in [-0.25, -0.2) is 4.98 Å². The second-order valence-corrected chi connectivity index (χ2v) is 3.66. The minimum Gasteiger partial charge on any atom is -0.497 e. The lowest BCUT2D eigenvalue weighted by Gasteiger charge is -2.08. The average Bonchev–Trinajstić information content (AvgIpc) is 2.68. The normalized spacial score (nSPS) is 10.3. The van der Waals surface area contributed by atoms with Crippen LogP contribution < -0.4 is 15.2 Å². The van der Waals surface area contributed by atoms with Gasteiger partial charge in [0, 0.05) is 24.9 Å². The number of imidazole rings is 1. The molecule has 0 aliphatic rings. The summed E-state index contributed by atoms with van der Waals surface area (Å²) in [5.41, 5.74) is 7.38. The predicted octanol–water partition coefficient (Wildman–Crippen LogP) is 1.69. The third-order valence-electron chi connectivity index (χ3n) is 2.60. The molecule has 0 radical (unpaired) electrons. The number of ether oxygens (including phenoxy) is 2. The van der Waals surface area contributed by atoms with E-state index in [0.29, 0.717) is 11.7 Å². The molecule has 1 aromatic heterocycles. The summed E-state index contributed by atoms with van der Waals surface area (Å²) in [6.45, 7) is 0. The first kappa shape index (κ1) is 11.3. The molecule has 0 atom stereocenters. The van der Waals surface area contributed by atoms with Gasteiger partial charge in [0.2, 0.25) is 0 Å². The molecule has 1 heterocycles. The van der Waals surface area contributed by atoms with Crippen LogP contribution in [0.2, 0.25) is 0 Å². The molecule has 0 amide bonds. The Morgan fingerprint density at radius 3 is 2.53 bits per heavy atom. The number of hydrogen-bond donors (Lipinski definition) is 1. The van der Waals surface area contributed by atoms with Gasteiger partial charge < -0.3 is 19.8 Å². The minimum absolute atomic E-state index is 0.470. The molecule has 1 aromatic carbocycles. The first-order chi connectivity index (χ1) is 8.15. The molecular weight excluding hydrogens is 218 g/mol. The summed E-state index contributed by atoms with van der Waals surface area (Å²) in [6.07, 6.45) is 1.86. The summed E-state index contributed by atoms with van der Waals surface area (Å²) < 4.78 is 12.2. The van der Waals surface area contributed by atoms with E-state index < -0.39 is 0 Å². The molecule has 0 saturated heterocycles. The second kappa shape index (κ2) is 4.37. The smallest absolute Gasteiger partial charge is 0.200 e. The summed E-state index contributed by atoms with van der Waals surface area (Å²) >= 11 is 0. The van der Waals surface area contributed by atoms with E-state index in [1.165, 1.54) is 0 Å². The largest absolute Gasteiger partial charge is 0.497 e. The molecule has 2 rings (SSSR count). The number of aryl methyl sites for hydroxylation is 1. The Hall–Kier alpha value is -2.17. The molecule has 5 heteroatoms. The molecule has 0 aliphatic carbocycles. The maximum atomic E-state index is 5.71. The Bertz CT molecular complexity index is 515. The maximum Gasteiger partial charge on any atom is 0.200 e. The number of aromatic nitrogens is 2. The number of nitrogen functional groups attached to an aromatic ring is 1. The van der Waals surface area contributed by atoms with Crippen LogP contribution in [0, 0.1) is 0 Å². The Kier molecular flexibility index (Phi) is 2.91. The SMILES string of the molecule is COc1ccc(-c2cn(C)c(N)n2)c(OC)c1. The van der Waals surface area contributed by atoms with Crippen molar-refractivity contribution in [2.24, 2.45) is 7.05 Å². The number of anilines is 1. The summed E-state index contributed by atoms with van der Waals surface area (Å²) in [5.74, 6) is 1.93. The zero-order valence-corrected chi connectivity index (χ0v) is 10.1. The van der Waals surface area contributed by atoms with Gasteiger partial charge in [-0.1, -0.05) is 0 Å². The summed E-state index contributed by atoms with van der Waals surface area (Å²) in [6, 6.07) is 5.59. The van der Waals surface area contributed by atoms with Crippen LogP contribution in [0.15, 0.2) is 24.4 Å². The average molecular weight is 233 g/mol. The lowest BCUT2D eigenvalue weighted by molar-refractivity contribution is 0.395. The molecule has 0 spiro atoms. The van der Waals surface area contributed by atoms with E-state index >= 15 is 0 Å². The number of nitrogens with zero attached hydrogens (tertiary/aromatic N) is 2. The molecule has 2 aromatic rings. The van der Waals surface area contributed by atoms with Gasteiger partial charge in [-0.3, -0.25) is 0 Å². The monoisotopic (exact) mass is 233 g/mol. The van der Waals surface area contributed by atoms with Crippen LogP contribution in [0.5, 0.6) is 11.5 Å². The topological polar surface area (TPSA) is 62.3 Å². The third-order valence-corrected chi connectivity index (χ3v) is 2.60. The highest BCUT2D eigenvalue weighted by atomic mass is 16.5. The Balaban J connectivity index is 2.51. The highest BCUT2D eigenvalue weighted by Crippen LogP contribution is 2.32. The van der Waals surface area contributed by atoms with Gasteiger partial charge in [0.1, 0.15) is 11.5 Å².